The molecule has 0 unspecified atom stereocenters. The van der Waals surface area contributed by atoms with Crippen LogP contribution in [0.25, 0.3) is 0 Å². The van der Waals surface area contributed by atoms with Crippen molar-refractivity contribution in [1.82, 2.24) is 10.2 Å². The largest absolute Gasteiger partial charge is 0.351 e. The number of carbonyl (C=O) groups is 1. The highest BCUT2D eigenvalue weighted by Crippen LogP contribution is 2.28. The van der Waals surface area contributed by atoms with Gasteiger partial charge in [-0.2, -0.15) is 0 Å². The summed E-state index contributed by atoms with van der Waals surface area (Å²) in [6, 6.07) is 4.11. The molecular weight excluding hydrogens is 310 g/mol. The molecule has 2 rings (SSSR count). The Kier molecular flexibility index (Phi) is 5.07. The molecule has 1 saturated heterocycles. The van der Waals surface area contributed by atoms with Gasteiger partial charge in [-0.15, -0.1) is 0 Å². The molecular formula is C16H21ClF2N2O. The van der Waals surface area contributed by atoms with E-state index >= 15 is 0 Å². The second-order valence-electron chi connectivity index (χ2n) is 6.60. The molecule has 122 valence electrons. The van der Waals surface area contributed by atoms with Crippen LogP contribution in [0.5, 0.6) is 0 Å². The van der Waals surface area contributed by atoms with Gasteiger partial charge in [0.15, 0.2) is 0 Å². The number of rotatable bonds is 3. The first-order valence-corrected chi connectivity index (χ1v) is 7.69. The molecule has 0 saturated carbocycles. The zero-order valence-corrected chi connectivity index (χ0v) is 13.8. The maximum Gasteiger partial charge on any atom is 0.237 e. The van der Waals surface area contributed by atoms with Gasteiger partial charge in [0.25, 0.3) is 0 Å². The first kappa shape index (κ1) is 17.2. The fraction of sp³-hybridized carbons (Fsp3) is 0.562. The van der Waals surface area contributed by atoms with Crippen molar-refractivity contribution in [3.05, 3.63) is 34.6 Å². The van der Waals surface area contributed by atoms with Crippen molar-refractivity contribution in [3.63, 3.8) is 0 Å². The lowest BCUT2D eigenvalue weighted by Crippen LogP contribution is -2.51. The van der Waals surface area contributed by atoms with Crippen LogP contribution in [0.4, 0.5) is 8.78 Å². The van der Waals surface area contributed by atoms with Gasteiger partial charge in [-0.25, -0.2) is 8.78 Å². The molecule has 1 aromatic carbocycles. The van der Waals surface area contributed by atoms with Crippen molar-refractivity contribution in [2.45, 2.75) is 51.5 Å². The van der Waals surface area contributed by atoms with Crippen LogP contribution in [0, 0.1) is 5.82 Å². The number of nitrogens with zero attached hydrogens (tertiary/aromatic N) is 1. The number of carbonyl (C=O) groups excluding carboxylic acids is 1. The average molecular weight is 331 g/mol. The number of alkyl halides is 1. The Morgan fingerprint density at radius 1 is 1.45 bits per heavy atom. The molecule has 3 nitrogen and oxygen atoms in total. The van der Waals surface area contributed by atoms with E-state index in [-0.39, 0.29) is 36.0 Å². The van der Waals surface area contributed by atoms with Gasteiger partial charge in [0.1, 0.15) is 12.0 Å². The highest BCUT2D eigenvalue weighted by atomic mass is 35.5. The Balaban J connectivity index is 2.04. The van der Waals surface area contributed by atoms with Crippen LogP contribution in [0.2, 0.25) is 5.02 Å². The average Bonchev–Trinajstić information content (AvgIpc) is 2.82. The molecule has 1 fully saturated rings. The summed E-state index contributed by atoms with van der Waals surface area (Å²) in [5.74, 6) is -0.818. The summed E-state index contributed by atoms with van der Waals surface area (Å²) in [7, 11) is 0. The molecule has 22 heavy (non-hydrogen) atoms. The molecule has 1 aliphatic rings. The third-order valence-corrected chi connectivity index (χ3v) is 4.19. The Hall–Kier alpha value is -1.20. The van der Waals surface area contributed by atoms with Crippen LogP contribution >= 0.6 is 11.6 Å². The van der Waals surface area contributed by atoms with Crippen LogP contribution < -0.4 is 5.32 Å². The Morgan fingerprint density at radius 2 is 2.14 bits per heavy atom. The molecule has 0 bridgehead atoms. The SMILES string of the molecule is CC(C)(C)N1C[C@H](F)C[C@H]1C(=O)NCc1cccc(Cl)c1F. The van der Waals surface area contributed by atoms with Gasteiger partial charge in [-0.1, -0.05) is 23.7 Å². The predicted octanol–water partition coefficient (Wildman–Crippen LogP) is 3.31. The summed E-state index contributed by atoms with van der Waals surface area (Å²) in [5, 5.41) is 2.71. The fourth-order valence-electron chi connectivity index (χ4n) is 2.76. The van der Waals surface area contributed by atoms with E-state index < -0.39 is 18.0 Å². The van der Waals surface area contributed by atoms with E-state index in [0.29, 0.717) is 5.56 Å². The first-order valence-electron chi connectivity index (χ1n) is 7.31. The summed E-state index contributed by atoms with van der Waals surface area (Å²) in [4.78, 5) is 14.2. The molecule has 1 aliphatic heterocycles. The normalized spacial score (nSPS) is 22.8. The number of hydrogen-bond donors (Lipinski definition) is 1. The monoisotopic (exact) mass is 330 g/mol. The molecule has 1 heterocycles. The highest BCUT2D eigenvalue weighted by Gasteiger charge is 2.42. The molecule has 0 aliphatic carbocycles. The minimum Gasteiger partial charge on any atom is -0.351 e. The minimum atomic E-state index is -1.02. The van der Waals surface area contributed by atoms with Crippen molar-refractivity contribution < 1.29 is 13.6 Å². The lowest BCUT2D eigenvalue weighted by molar-refractivity contribution is -0.127. The molecule has 1 amide bonds. The predicted molar refractivity (Wildman–Crippen MR) is 83.0 cm³/mol. The molecule has 6 heteroatoms. The maximum absolute atomic E-state index is 13.8. The van der Waals surface area contributed by atoms with E-state index in [1.807, 2.05) is 25.7 Å². The molecule has 0 radical (unpaired) electrons. The van der Waals surface area contributed by atoms with Crippen LogP contribution in [-0.2, 0) is 11.3 Å². The standard InChI is InChI=1S/C16H21ClF2N2O/c1-16(2,3)21-9-11(18)7-13(21)15(22)20-8-10-5-4-6-12(17)14(10)19/h4-6,11,13H,7-9H2,1-3H3,(H,20,22)/t11-,13+/m1/s1. The van der Waals surface area contributed by atoms with Crippen molar-refractivity contribution >= 4 is 17.5 Å². The lowest BCUT2D eigenvalue weighted by atomic mass is 10.0. The smallest absolute Gasteiger partial charge is 0.237 e. The van der Waals surface area contributed by atoms with Gasteiger partial charge in [0, 0.05) is 30.6 Å². The Labute approximate surface area is 134 Å². The van der Waals surface area contributed by atoms with Gasteiger partial charge in [0.2, 0.25) is 5.91 Å². The summed E-state index contributed by atoms with van der Waals surface area (Å²) in [5.41, 5.74) is 0.0161. The molecule has 1 N–H and O–H groups in total. The third-order valence-electron chi connectivity index (χ3n) is 3.90. The topological polar surface area (TPSA) is 32.3 Å². The number of amides is 1. The van der Waals surface area contributed by atoms with E-state index in [0.717, 1.165) is 0 Å². The molecule has 2 atom stereocenters. The highest BCUT2D eigenvalue weighted by molar-refractivity contribution is 6.30. The fourth-order valence-corrected chi connectivity index (χ4v) is 2.95. The van der Waals surface area contributed by atoms with Crippen molar-refractivity contribution in [2.75, 3.05) is 6.54 Å². The summed E-state index contributed by atoms with van der Waals surface area (Å²) >= 11 is 5.71. The van der Waals surface area contributed by atoms with Crippen molar-refractivity contribution in [2.24, 2.45) is 0 Å². The molecule has 0 aromatic heterocycles. The van der Waals surface area contributed by atoms with Gasteiger partial charge in [-0.3, -0.25) is 9.69 Å². The van der Waals surface area contributed by atoms with E-state index in [4.69, 9.17) is 11.6 Å². The van der Waals surface area contributed by atoms with Gasteiger partial charge in [0.05, 0.1) is 11.1 Å². The number of hydrogen-bond acceptors (Lipinski definition) is 2. The van der Waals surface area contributed by atoms with Crippen LogP contribution in [0.1, 0.15) is 32.8 Å². The van der Waals surface area contributed by atoms with Gasteiger partial charge in [-0.05, 0) is 26.8 Å². The second-order valence-corrected chi connectivity index (χ2v) is 7.01. The zero-order valence-electron chi connectivity index (χ0n) is 13.0. The molecule has 1 aromatic rings. The van der Waals surface area contributed by atoms with E-state index in [2.05, 4.69) is 5.32 Å². The van der Waals surface area contributed by atoms with Crippen LogP contribution in [-0.4, -0.2) is 35.1 Å². The number of likely N-dealkylation sites (tertiary alicyclic amines) is 1. The quantitative estimate of drug-likeness (QED) is 0.922. The summed E-state index contributed by atoms with van der Waals surface area (Å²) in [6.45, 7) is 6.12. The second kappa shape index (κ2) is 6.50. The van der Waals surface area contributed by atoms with Gasteiger partial charge < -0.3 is 5.32 Å². The maximum atomic E-state index is 13.8. The number of halogens is 3. The van der Waals surface area contributed by atoms with Gasteiger partial charge >= 0.3 is 0 Å². The van der Waals surface area contributed by atoms with Crippen molar-refractivity contribution in [1.29, 1.82) is 0 Å². The number of benzene rings is 1. The minimum absolute atomic E-state index is 0.0211. The van der Waals surface area contributed by atoms with E-state index in [9.17, 15) is 13.6 Å². The van der Waals surface area contributed by atoms with Crippen LogP contribution in [0.3, 0.4) is 0 Å². The zero-order chi connectivity index (χ0) is 16.5. The number of nitrogens with one attached hydrogen (secondary N) is 1. The van der Waals surface area contributed by atoms with Crippen LogP contribution in [0.15, 0.2) is 18.2 Å². The third kappa shape index (κ3) is 3.76. The van der Waals surface area contributed by atoms with E-state index in [1.165, 1.54) is 6.07 Å². The summed E-state index contributed by atoms with van der Waals surface area (Å²) < 4.78 is 27.5. The lowest BCUT2D eigenvalue weighted by Gasteiger charge is -2.35. The summed E-state index contributed by atoms with van der Waals surface area (Å²) in [6.07, 6.45) is -0.848. The van der Waals surface area contributed by atoms with Crippen molar-refractivity contribution in [3.8, 4) is 0 Å². The molecule has 0 spiro atoms. The Morgan fingerprint density at radius 3 is 2.77 bits per heavy atom. The first-order chi connectivity index (χ1) is 10.2. The van der Waals surface area contributed by atoms with E-state index in [1.54, 1.807) is 12.1 Å². The Bertz CT molecular complexity index is 560.